The van der Waals surface area contributed by atoms with E-state index in [1.807, 2.05) is 0 Å². The number of nitrogen functional groups attached to an aromatic ring is 1. The molecule has 2 amide bonds. The fourth-order valence-electron chi connectivity index (χ4n) is 2.44. The van der Waals surface area contributed by atoms with Crippen molar-refractivity contribution in [3.63, 3.8) is 0 Å². The summed E-state index contributed by atoms with van der Waals surface area (Å²) < 4.78 is 0.774. The maximum Gasteiger partial charge on any atom is 0.253 e. The SMILES string of the molecule is CNC(=O)C1CCCN(C(=O)c2ccc(Br)c(N)c2)C1. The molecule has 1 fully saturated rings. The van der Waals surface area contributed by atoms with Crippen LogP contribution in [0.1, 0.15) is 23.2 Å². The Kier molecular flexibility index (Phi) is 4.65. The smallest absolute Gasteiger partial charge is 0.253 e. The summed E-state index contributed by atoms with van der Waals surface area (Å²) in [6.07, 6.45) is 1.67. The van der Waals surface area contributed by atoms with Gasteiger partial charge in [-0.2, -0.15) is 0 Å². The van der Waals surface area contributed by atoms with Crippen molar-refractivity contribution in [1.29, 1.82) is 0 Å². The van der Waals surface area contributed by atoms with Gasteiger partial charge in [-0.15, -0.1) is 0 Å². The number of nitrogens with two attached hydrogens (primary N) is 1. The van der Waals surface area contributed by atoms with Crippen LogP contribution in [0.25, 0.3) is 0 Å². The molecule has 6 heteroatoms. The Morgan fingerprint density at radius 3 is 2.85 bits per heavy atom. The summed E-state index contributed by atoms with van der Waals surface area (Å²) in [6.45, 7) is 1.15. The third kappa shape index (κ3) is 3.12. The molecule has 1 unspecified atom stereocenters. The summed E-state index contributed by atoms with van der Waals surface area (Å²) in [4.78, 5) is 25.9. The molecule has 0 aliphatic carbocycles. The highest BCUT2D eigenvalue weighted by atomic mass is 79.9. The fraction of sp³-hybridized carbons (Fsp3) is 0.429. The molecule has 20 heavy (non-hydrogen) atoms. The first-order chi connectivity index (χ1) is 9.52. The van der Waals surface area contributed by atoms with E-state index in [0.717, 1.165) is 17.3 Å². The topological polar surface area (TPSA) is 75.4 Å². The van der Waals surface area contributed by atoms with E-state index in [0.29, 0.717) is 24.3 Å². The number of nitrogens with one attached hydrogen (secondary N) is 1. The molecule has 2 rings (SSSR count). The molecule has 1 aromatic carbocycles. The number of halogens is 1. The molecule has 1 atom stereocenters. The van der Waals surface area contributed by atoms with Crippen molar-refractivity contribution < 1.29 is 9.59 Å². The number of piperidine rings is 1. The first kappa shape index (κ1) is 14.8. The van der Waals surface area contributed by atoms with Gasteiger partial charge in [0.1, 0.15) is 0 Å². The van der Waals surface area contributed by atoms with Crippen LogP contribution in [-0.2, 0) is 4.79 Å². The van der Waals surface area contributed by atoms with Crippen LogP contribution in [0.3, 0.4) is 0 Å². The van der Waals surface area contributed by atoms with Crippen LogP contribution in [0.5, 0.6) is 0 Å². The van der Waals surface area contributed by atoms with Crippen molar-refractivity contribution in [3.05, 3.63) is 28.2 Å². The van der Waals surface area contributed by atoms with Gasteiger partial charge in [0.25, 0.3) is 5.91 Å². The van der Waals surface area contributed by atoms with E-state index in [9.17, 15) is 9.59 Å². The van der Waals surface area contributed by atoms with Gasteiger partial charge < -0.3 is 16.0 Å². The number of carbonyl (C=O) groups is 2. The highest BCUT2D eigenvalue weighted by Gasteiger charge is 2.28. The molecule has 0 aromatic heterocycles. The minimum absolute atomic E-state index is 0.00202. The molecule has 1 aromatic rings. The summed E-state index contributed by atoms with van der Waals surface area (Å²) in [5.41, 5.74) is 6.90. The van der Waals surface area contributed by atoms with Gasteiger partial charge in [0.05, 0.1) is 5.92 Å². The van der Waals surface area contributed by atoms with Crippen LogP contribution in [0.2, 0.25) is 0 Å². The predicted octanol–water partition coefficient (Wildman–Crippen LogP) is 1.63. The van der Waals surface area contributed by atoms with Crippen molar-refractivity contribution in [1.82, 2.24) is 10.2 Å². The third-order valence-corrected chi connectivity index (χ3v) is 4.29. The van der Waals surface area contributed by atoms with Crippen molar-refractivity contribution >= 4 is 33.4 Å². The number of hydrogen-bond donors (Lipinski definition) is 2. The highest BCUT2D eigenvalue weighted by Crippen LogP contribution is 2.23. The molecular weight excluding hydrogens is 322 g/mol. The van der Waals surface area contributed by atoms with E-state index in [-0.39, 0.29) is 17.7 Å². The molecule has 5 nitrogen and oxygen atoms in total. The number of amides is 2. The maximum absolute atomic E-state index is 12.4. The van der Waals surface area contributed by atoms with Gasteiger partial charge in [-0.3, -0.25) is 9.59 Å². The van der Waals surface area contributed by atoms with Gasteiger partial charge in [-0.05, 0) is 47.0 Å². The van der Waals surface area contributed by atoms with E-state index in [2.05, 4.69) is 21.2 Å². The Hall–Kier alpha value is -1.56. The normalized spacial score (nSPS) is 18.7. The second-order valence-electron chi connectivity index (χ2n) is 4.94. The zero-order valence-electron chi connectivity index (χ0n) is 11.4. The van der Waals surface area contributed by atoms with Crippen molar-refractivity contribution in [2.24, 2.45) is 5.92 Å². The van der Waals surface area contributed by atoms with E-state index in [4.69, 9.17) is 5.73 Å². The van der Waals surface area contributed by atoms with E-state index >= 15 is 0 Å². The first-order valence-corrected chi connectivity index (χ1v) is 7.38. The van der Waals surface area contributed by atoms with Gasteiger partial charge in [0.15, 0.2) is 0 Å². The second kappa shape index (κ2) is 6.26. The molecule has 0 saturated carbocycles. The van der Waals surface area contributed by atoms with E-state index in [1.165, 1.54) is 0 Å². The predicted molar refractivity (Wildman–Crippen MR) is 81.2 cm³/mol. The zero-order chi connectivity index (χ0) is 14.7. The van der Waals surface area contributed by atoms with Gasteiger partial charge in [-0.25, -0.2) is 0 Å². The average molecular weight is 340 g/mol. The molecular formula is C14H18BrN3O2. The highest BCUT2D eigenvalue weighted by molar-refractivity contribution is 9.10. The Balaban J connectivity index is 2.12. The molecule has 3 N–H and O–H groups in total. The number of carbonyl (C=O) groups excluding carboxylic acids is 2. The molecule has 0 bridgehead atoms. The molecule has 0 radical (unpaired) electrons. The van der Waals surface area contributed by atoms with Crippen LogP contribution in [0.4, 0.5) is 5.69 Å². The van der Waals surface area contributed by atoms with Gasteiger partial charge in [0.2, 0.25) is 5.91 Å². The summed E-state index contributed by atoms with van der Waals surface area (Å²) in [5, 5.41) is 2.65. The van der Waals surface area contributed by atoms with Crippen molar-refractivity contribution in [3.8, 4) is 0 Å². The lowest BCUT2D eigenvalue weighted by Gasteiger charge is -2.32. The lowest BCUT2D eigenvalue weighted by atomic mass is 9.96. The number of benzene rings is 1. The Labute approximate surface area is 126 Å². The molecule has 1 heterocycles. The molecule has 1 saturated heterocycles. The number of anilines is 1. The van der Waals surface area contributed by atoms with Gasteiger partial charge in [0, 0.05) is 35.9 Å². The molecule has 0 spiro atoms. The largest absolute Gasteiger partial charge is 0.398 e. The van der Waals surface area contributed by atoms with Crippen LogP contribution in [-0.4, -0.2) is 36.9 Å². The Bertz CT molecular complexity index is 533. The van der Waals surface area contributed by atoms with E-state index in [1.54, 1.807) is 30.1 Å². The van der Waals surface area contributed by atoms with Gasteiger partial charge in [-0.1, -0.05) is 0 Å². The van der Waals surface area contributed by atoms with Crippen LogP contribution >= 0.6 is 15.9 Å². The monoisotopic (exact) mass is 339 g/mol. The van der Waals surface area contributed by atoms with Crippen molar-refractivity contribution in [2.75, 3.05) is 25.9 Å². The fourth-order valence-corrected chi connectivity index (χ4v) is 2.69. The number of nitrogens with zero attached hydrogens (tertiary/aromatic N) is 1. The van der Waals surface area contributed by atoms with E-state index < -0.39 is 0 Å². The van der Waals surface area contributed by atoms with Crippen LogP contribution in [0.15, 0.2) is 22.7 Å². The lowest BCUT2D eigenvalue weighted by Crippen LogP contribution is -2.44. The lowest BCUT2D eigenvalue weighted by molar-refractivity contribution is -0.125. The summed E-state index contributed by atoms with van der Waals surface area (Å²) in [5.74, 6) is -0.193. The number of rotatable bonds is 2. The minimum atomic E-state index is -0.120. The van der Waals surface area contributed by atoms with Crippen molar-refractivity contribution in [2.45, 2.75) is 12.8 Å². The Morgan fingerprint density at radius 2 is 2.20 bits per heavy atom. The van der Waals surface area contributed by atoms with Crippen LogP contribution in [0, 0.1) is 5.92 Å². The van der Waals surface area contributed by atoms with Crippen LogP contribution < -0.4 is 11.1 Å². The first-order valence-electron chi connectivity index (χ1n) is 6.59. The zero-order valence-corrected chi connectivity index (χ0v) is 12.9. The standard InChI is InChI=1S/C14H18BrN3O2/c1-17-13(19)10-3-2-6-18(8-10)14(20)9-4-5-11(15)12(16)7-9/h4-5,7,10H,2-3,6,8,16H2,1H3,(H,17,19). The minimum Gasteiger partial charge on any atom is -0.398 e. The molecule has 1 aliphatic heterocycles. The maximum atomic E-state index is 12.4. The summed E-state index contributed by atoms with van der Waals surface area (Å²) >= 11 is 3.31. The average Bonchev–Trinajstić information content (AvgIpc) is 2.48. The quantitative estimate of drug-likeness (QED) is 0.804. The number of likely N-dealkylation sites (tertiary alicyclic amines) is 1. The summed E-state index contributed by atoms with van der Waals surface area (Å²) in [7, 11) is 1.62. The Morgan fingerprint density at radius 1 is 1.45 bits per heavy atom. The summed E-state index contributed by atoms with van der Waals surface area (Å²) in [6, 6.07) is 5.17. The van der Waals surface area contributed by atoms with Gasteiger partial charge >= 0.3 is 0 Å². The second-order valence-corrected chi connectivity index (χ2v) is 5.80. The third-order valence-electron chi connectivity index (χ3n) is 3.57. The number of hydrogen-bond acceptors (Lipinski definition) is 3. The molecule has 1 aliphatic rings. The molecule has 108 valence electrons.